The summed E-state index contributed by atoms with van der Waals surface area (Å²) in [4.78, 5) is 24.9. The standard InChI is InChI=1S/C22H25NO7/c1-4-26-17-8-6-15(12-19(17)27-5-2)22(25)30-14(3)21(24)23-16-7-9-18-20(13-16)29-11-10-28-18/h6-9,12-14H,4-5,10-11H2,1-3H3,(H,23,24)/t14-/m0/s1. The fraction of sp³-hybridized carbons (Fsp3) is 0.364. The number of amides is 1. The molecule has 30 heavy (non-hydrogen) atoms. The number of benzene rings is 2. The maximum atomic E-state index is 12.5. The Labute approximate surface area is 175 Å². The van der Waals surface area contributed by atoms with Gasteiger partial charge < -0.3 is 29.0 Å². The number of rotatable bonds is 8. The van der Waals surface area contributed by atoms with Gasteiger partial charge in [0, 0.05) is 11.8 Å². The Morgan fingerprint density at radius 3 is 2.40 bits per heavy atom. The molecule has 1 N–H and O–H groups in total. The quantitative estimate of drug-likeness (QED) is 0.660. The maximum absolute atomic E-state index is 12.5. The zero-order chi connectivity index (χ0) is 21.5. The Morgan fingerprint density at radius 1 is 0.967 bits per heavy atom. The first-order valence-electron chi connectivity index (χ1n) is 9.83. The monoisotopic (exact) mass is 415 g/mol. The summed E-state index contributed by atoms with van der Waals surface area (Å²) in [7, 11) is 0. The van der Waals surface area contributed by atoms with Crippen molar-refractivity contribution in [3.63, 3.8) is 0 Å². The third kappa shape index (κ3) is 5.14. The minimum atomic E-state index is -1.01. The van der Waals surface area contributed by atoms with E-state index < -0.39 is 18.0 Å². The van der Waals surface area contributed by atoms with Crippen LogP contribution in [0.3, 0.4) is 0 Å². The van der Waals surface area contributed by atoms with E-state index in [0.717, 1.165) is 0 Å². The third-order valence-corrected chi connectivity index (χ3v) is 4.24. The molecule has 1 heterocycles. The lowest BCUT2D eigenvalue weighted by molar-refractivity contribution is -0.123. The highest BCUT2D eigenvalue weighted by atomic mass is 16.6. The van der Waals surface area contributed by atoms with Crippen LogP contribution >= 0.6 is 0 Å². The Kier molecular flexibility index (Phi) is 7.00. The molecule has 2 aromatic rings. The van der Waals surface area contributed by atoms with E-state index in [9.17, 15) is 9.59 Å². The van der Waals surface area contributed by atoms with E-state index in [-0.39, 0.29) is 5.56 Å². The summed E-state index contributed by atoms with van der Waals surface area (Å²) in [6.45, 7) is 7.04. The average molecular weight is 415 g/mol. The predicted molar refractivity (Wildman–Crippen MR) is 110 cm³/mol. The second-order valence-electron chi connectivity index (χ2n) is 6.42. The van der Waals surface area contributed by atoms with Gasteiger partial charge >= 0.3 is 5.97 Å². The molecule has 3 rings (SSSR count). The third-order valence-electron chi connectivity index (χ3n) is 4.24. The molecule has 1 atom stereocenters. The fourth-order valence-corrected chi connectivity index (χ4v) is 2.83. The van der Waals surface area contributed by atoms with Gasteiger partial charge in [-0.3, -0.25) is 4.79 Å². The second kappa shape index (κ2) is 9.87. The van der Waals surface area contributed by atoms with Gasteiger partial charge in [-0.05, 0) is 51.1 Å². The van der Waals surface area contributed by atoms with Crippen molar-refractivity contribution in [2.45, 2.75) is 26.9 Å². The zero-order valence-corrected chi connectivity index (χ0v) is 17.2. The smallest absolute Gasteiger partial charge is 0.339 e. The highest BCUT2D eigenvalue weighted by Gasteiger charge is 2.21. The van der Waals surface area contributed by atoms with E-state index in [4.69, 9.17) is 23.7 Å². The predicted octanol–water partition coefficient (Wildman–Crippen LogP) is 3.44. The SMILES string of the molecule is CCOc1ccc(C(=O)O[C@@H](C)C(=O)Nc2ccc3c(c2)OCCO3)cc1OCC. The largest absolute Gasteiger partial charge is 0.490 e. The van der Waals surface area contributed by atoms with E-state index in [2.05, 4.69) is 5.32 Å². The van der Waals surface area contributed by atoms with Crippen molar-refractivity contribution in [1.82, 2.24) is 0 Å². The summed E-state index contributed by atoms with van der Waals surface area (Å²) < 4.78 is 27.3. The van der Waals surface area contributed by atoms with E-state index in [1.165, 1.54) is 6.92 Å². The van der Waals surface area contributed by atoms with Crippen molar-refractivity contribution in [2.24, 2.45) is 0 Å². The summed E-state index contributed by atoms with van der Waals surface area (Å²) in [5.41, 5.74) is 0.785. The Morgan fingerprint density at radius 2 is 1.67 bits per heavy atom. The molecule has 0 aliphatic carbocycles. The molecule has 1 aliphatic rings. The van der Waals surface area contributed by atoms with Gasteiger partial charge in [0.25, 0.3) is 5.91 Å². The van der Waals surface area contributed by atoms with Crippen LogP contribution < -0.4 is 24.3 Å². The van der Waals surface area contributed by atoms with Crippen molar-refractivity contribution in [1.29, 1.82) is 0 Å². The van der Waals surface area contributed by atoms with Crippen molar-refractivity contribution in [2.75, 3.05) is 31.7 Å². The van der Waals surface area contributed by atoms with Crippen LogP contribution in [0.2, 0.25) is 0 Å². The second-order valence-corrected chi connectivity index (χ2v) is 6.42. The topological polar surface area (TPSA) is 92.3 Å². The molecular formula is C22H25NO7. The first kappa shape index (κ1) is 21.3. The van der Waals surface area contributed by atoms with Crippen LogP contribution in [0.1, 0.15) is 31.1 Å². The minimum Gasteiger partial charge on any atom is -0.490 e. The van der Waals surface area contributed by atoms with Crippen LogP contribution in [0.5, 0.6) is 23.0 Å². The molecule has 0 saturated carbocycles. The zero-order valence-electron chi connectivity index (χ0n) is 17.2. The molecule has 2 aromatic carbocycles. The number of carbonyl (C=O) groups excluding carboxylic acids is 2. The maximum Gasteiger partial charge on any atom is 0.339 e. The number of hydrogen-bond donors (Lipinski definition) is 1. The van der Waals surface area contributed by atoms with Gasteiger partial charge in [-0.1, -0.05) is 0 Å². The number of esters is 1. The van der Waals surface area contributed by atoms with Gasteiger partial charge in [0.1, 0.15) is 13.2 Å². The first-order chi connectivity index (χ1) is 14.5. The molecule has 0 spiro atoms. The van der Waals surface area contributed by atoms with Crippen LogP contribution in [0, 0.1) is 0 Å². The van der Waals surface area contributed by atoms with E-state index in [1.54, 1.807) is 36.4 Å². The Hall–Kier alpha value is -3.42. The summed E-state index contributed by atoms with van der Waals surface area (Å²) in [5, 5.41) is 2.71. The molecule has 0 bridgehead atoms. The number of hydrogen-bond acceptors (Lipinski definition) is 7. The molecule has 160 valence electrons. The van der Waals surface area contributed by atoms with Gasteiger partial charge in [0.15, 0.2) is 29.1 Å². The minimum absolute atomic E-state index is 0.265. The average Bonchev–Trinajstić information content (AvgIpc) is 2.75. The van der Waals surface area contributed by atoms with E-state index in [0.29, 0.717) is 55.1 Å². The lowest BCUT2D eigenvalue weighted by Crippen LogP contribution is -2.30. The van der Waals surface area contributed by atoms with Crippen molar-refractivity contribution in [3.8, 4) is 23.0 Å². The van der Waals surface area contributed by atoms with Crippen LogP contribution in [0.4, 0.5) is 5.69 Å². The van der Waals surface area contributed by atoms with Crippen molar-refractivity contribution >= 4 is 17.6 Å². The van der Waals surface area contributed by atoms with Gasteiger partial charge in [0.2, 0.25) is 0 Å². The molecule has 0 saturated heterocycles. The summed E-state index contributed by atoms with van der Waals surface area (Å²) in [6.07, 6.45) is -1.01. The molecule has 8 nitrogen and oxygen atoms in total. The van der Waals surface area contributed by atoms with Gasteiger partial charge in [0.05, 0.1) is 18.8 Å². The Bertz CT molecular complexity index is 912. The number of ether oxygens (including phenoxy) is 5. The highest BCUT2D eigenvalue weighted by molar-refractivity contribution is 5.97. The number of fused-ring (bicyclic) bond motifs is 1. The van der Waals surface area contributed by atoms with Crippen LogP contribution in [-0.4, -0.2) is 44.4 Å². The number of anilines is 1. The van der Waals surface area contributed by atoms with Gasteiger partial charge in [-0.2, -0.15) is 0 Å². The summed E-state index contributed by atoms with van der Waals surface area (Å²) in [6, 6.07) is 9.84. The van der Waals surface area contributed by atoms with Crippen molar-refractivity contribution in [3.05, 3.63) is 42.0 Å². The fourth-order valence-electron chi connectivity index (χ4n) is 2.83. The Balaban J connectivity index is 1.63. The molecule has 0 aromatic heterocycles. The van der Waals surface area contributed by atoms with E-state index >= 15 is 0 Å². The van der Waals surface area contributed by atoms with Gasteiger partial charge in [-0.15, -0.1) is 0 Å². The first-order valence-corrected chi connectivity index (χ1v) is 9.83. The molecule has 8 heteroatoms. The molecule has 0 fully saturated rings. The molecule has 0 radical (unpaired) electrons. The number of nitrogens with one attached hydrogen (secondary N) is 1. The molecular weight excluding hydrogens is 390 g/mol. The van der Waals surface area contributed by atoms with Crippen LogP contribution in [-0.2, 0) is 9.53 Å². The normalized spacial score (nSPS) is 13.2. The van der Waals surface area contributed by atoms with E-state index in [1.807, 2.05) is 13.8 Å². The van der Waals surface area contributed by atoms with Crippen molar-refractivity contribution < 1.29 is 33.3 Å². The number of carbonyl (C=O) groups is 2. The van der Waals surface area contributed by atoms with Gasteiger partial charge in [-0.25, -0.2) is 4.79 Å². The summed E-state index contributed by atoms with van der Waals surface area (Å²) in [5.74, 6) is 1.07. The summed E-state index contributed by atoms with van der Waals surface area (Å²) >= 11 is 0. The lowest BCUT2D eigenvalue weighted by Gasteiger charge is -2.19. The van der Waals surface area contributed by atoms with Crippen LogP contribution in [0.15, 0.2) is 36.4 Å². The molecule has 1 amide bonds. The molecule has 1 aliphatic heterocycles. The van der Waals surface area contributed by atoms with Crippen LogP contribution in [0.25, 0.3) is 0 Å². The molecule has 0 unspecified atom stereocenters. The lowest BCUT2D eigenvalue weighted by atomic mass is 10.2. The highest BCUT2D eigenvalue weighted by Crippen LogP contribution is 2.33.